The number of carbonyl (C=O) groups is 1. The second-order valence-corrected chi connectivity index (χ2v) is 6.87. The third-order valence-corrected chi connectivity index (χ3v) is 5.12. The summed E-state index contributed by atoms with van der Waals surface area (Å²) in [5.74, 6) is -1.11. The Labute approximate surface area is 117 Å². The number of nitrogens with zero attached hydrogens (tertiary/aromatic N) is 2. The summed E-state index contributed by atoms with van der Waals surface area (Å²) in [6.45, 7) is 0.501. The van der Waals surface area contributed by atoms with E-state index in [1.165, 1.54) is 26.4 Å². The van der Waals surface area contributed by atoms with E-state index in [0.717, 1.165) is 17.1 Å². The van der Waals surface area contributed by atoms with Crippen molar-refractivity contribution in [3.8, 4) is 0 Å². The van der Waals surface area contributed by atoms with Gasteiger partial charge in [0.2, 0.25) is 10.0 Å². The summed E-state index contributed by atoms with van der Waals surface area (Å²) in [6.07, 6.45) is 3.18. The van der Waals surface area contributed by atoms with Crippen molar-refractivity contribution < 1.29 is 23.1 Å². The first kappa shape index (κ1) is 15.0. The molecule has 7 nitrogen and oxygen atoms in total. The van der Waals surface area contributed by atoms with Crippen molar-refractivity contribution in [3.05, 3.63) is 18.0 Å². The van der Waals surface area contributed by atoms with Crippen molar-refractivity contribution in [2.75, 3.05) is 27.3 Å². The van der Waals surface area contributed by atoms with Gasteiger partial charge in [-0.2, -0.15) is 4.31 Å². The standard InChI is InChI=1S/C12H18N2O5S/c1-13(5-6-19-2)20(17,18)10-7-11(12(15)16)14(8-10)9-3-4-9/h7-9H,3-6H2,1-2H3,(H,15,16). The number of ether oxygens (including phenoxy) is 1. The van der Waals surface area contributed by atoms with E-state index in [4.69, 9.17) is 9.84 Å². The van der Waals surface area contributed by atoms with Crippen LogP contribution < -0.4 is 0 Å². The molecule has 1 saturated carbocycles. The van der Waals surface area contributed by atoms with E-state index in [0.29, 0.717) is 0 Å². The third kappa shape index (κ3) is 2.87. The number of hydrogen-bond acceptors (Lipinski definition) is 4. The fourth-order valence-corrected chi connectivity index (χ4v) is 3.12. The van der Waals surface area contributed by atoms with Gasteiger partial charge in [-0.25, -0.2) is 13.2 Å². The fourth-order valence-electron chi connectivity index (χ4n) is 1.94. The highest BCUT2D eigenvalue weighted by Gasteiger charge is 2.31. The van der Waals surface area contributed by atoms with Gasteiger partial charge in [-0.05, 0) is 18.9 Å². The number of hydrogen-bond donors (Lipinski definition) is 1. The first-order chi connectivity index (χ1) is 9.37. The van der Waals surface area contributed by atoms with Gasteiger partial charge in [0, 0.05) is 32.9 Å². The lowest BCUT2D eigenvalue weighted by molar-refractivity contribution is 0.0685. The zero-order chi connectivity index (χ0) is 14.9. The van der Waals surface area contributed by atoms with E-state index in [2.05, 4.69) is 0 Å². The molecule has 0 amide bonds. The van der Waals surface area contributed by atoms with Crippen molar-refractivity contribution in [1.29, 1.82) is 0 Å². The number of carboxylic acid groups (broad SMARTS) is 1. The normalized spacial score (nSPS) is 15.8. The summed E-state index contributed by atoms with van der Waals surface area (Å²) in [7, 11) is -0.743. The Hall–Kier alpha value is -1.38. The Morgan fingerprint density at radius 3 is 2.70 bits per heavy atom. The lowest BCUT2D eigenvalue weighted by atomic mass is 10.4. The highest BCUT2D eigenvalue weighted by Crippen LogP contribution is 2.37. The Morgan fingerprint density at radius 1 is 1.55 bits per heavy atom. The molecule has 1 N–H and O–H groups in total. The quantitative estimate of drug-likeness (QED) is 0.804. The van der Waals surface area contributed by atoms with Crippen LogP contribution in [0.2, 0.25) is 0 Å². The number of sulfonamides is 1. The number of aromatic carboxylic acids is 1. The van der Waals surface area contributed by atoms with Gasteiger partial charge in [-0.1, -0.05) is 0 Å². The topological polar surface area (TPSA) is 88.8 Å². The molecule has 20 heavy (non-hydrogen) atoms. The maximum atomic E-state index is 12.3. The van der Waals surface area contributed by atoms with Crippen LogP contribution in [0.4, 0.5) is 0 Å². The highest BCUT2D eigenvalue weighted by atomic mass is 32.2. The maximum absolute atomic E-state index is 12.3. The van der Waals surface area contributed by atoms with E-state index in [1.807, 2.05) is 0 Å². The molecule has 0 aromatic carbocycles. The van der Waals surface area contributed by atoms with Crippen LogP contribution in [0.25, 0.3) is 0 Å². The Bertz CT molecular complexity index is 603. The van der Waals surface area contributed by atoms with E-state index in [9.17, 15) is 13.2 Å². The van der Waals surface area contributed by atoms with Crippen LogP contribution in [0.15, 0.2) is 17.2 Å². The van der Waals surface area contributed by atoms with Crippen molar-refractivity contribution in [1.82, 2.24) is 8.87 Å². The molecule has 0 saturated heterocycles. The van der Waals surface area contributed by atoms with Gasteiger partial charge in [0.15, 0.2) is 0 Å². The van der Waals surface area contributed by atoms with E-state index in [1.54, 1.807) is 4.57 Å². The molecule has 2 rings (SSSR count). The SMILES string of the molecule is COCCN(C)S(=O)(=O)c1cc(C(=O)O)n(C2CC2)c1. The maximum Gasteiger partial charge on any atom is 0.352 e. The predicted octanol–water partition coefficient (Wildman–Crippen LogP) is 0.788. The van der Waals surface area contributed by atoms with Gasteiger partial charge >= 0.3 is 5.97 Å². The van der Waals surface area contributed by atoms with Gasteiger partial charge in [-0.15, -0.1) is 0 Å². The van der Waals surface area contributed by atoms with Crippen LogP contribution in [0.5, 0.6) is 0 Å². The van der Waals surface area contributed by atoms with E-state index in [-0.39, 0.29) is 29.8 Å². The number of likely N-dealkylation sites (N-methyl/N-ethyl adjacent to an activating group) is 1. The van der Waals surface area contributed by atoms with Crippen molar-refractivity contribution in [3.63, 3.8) is 0 Å². The molecule has 0 aliphatic heterocycles. The van der Waals surface area contributed by atoms with Crippen LogP contribution in [0.1, 0.15) is 29.4 Å². The largest absolute Gasteiger partial charge is 0.477 e. The summed E-state index contributed by atoms with van der Waals surface area (Å²) in [4.78, 5) is 11.2. The number of aromatic nitrogens is 1. The van der Waals surface area contributed by atoms with Gasteiger partial charge in [0.25, 0.3) is 0 Å². The van der Waals surface area contributed by atoms with Gasteiger partial charge in [0.1, 0.15) is 10.6 Å². The molecule has 1 aliphatic carbocycles. The number of rotatable bonds is 7. The molecule has 112 valence electrons. The molecule has 1 aromatic rings. The monoisotopic (exact) mass is 302 g/mol. The minimum Gasteiger partial charge on any atom is -0.477 e. The zero-order valence-electron chi connectivity index (χ0n) is 11.4. The molecule has 0 radical (unpaired) electrons. The summed E-state index contributed by atoms with van der Waals surface area (Å²) in [5, 5.41) is 9.15. The first-order valence-electron chi connectivity index (χ1n) is 6.28. The predicted molar refractivity (Wildman–Crippen MR) is 71.4 cm³/mol. The van der Waals surface area contributed by atoms with Gasteiger partial charge in [0.05, 0.1) is 6.61 Å². The highest BCUT2D eigenvalue weighted by molar-refractivity contribution is 7.89. The molecule has 1 aromatic heterocycles. The first-order valence-corrected chi connectivity index (χ1v) is 7.72. The molecule has 0 bridgehead atoms. The Kier molecular flexibility index (Phi) is 4.17. The molecule has 0 spiro atoms. The molecule has 8 heteroatoms. The summed E-state index contributed by atoms with van der Waals surface area (Å²) < 4.78 is 32.2. The fraction of sp³-hybridized carbons (Fsp3) is 0.583. The minimum atomic E-state index is -3.68. The third-order valence-electron chi connectivity index (χ3n) is 3.30. The van der Waals surface area contributed by atoms with Crippen molar-refractivity contribution >= 4 is 16.0 Å². The summed E-state index contributed by atoms with van der Waals surface area (Å²) in [5.41, 5.74) is 0.0196. The molecule has 1 fully saturated rings. The second-order valence-electron chi connectivity index (χ2n) is 4.82. The van der Waals surface area contributed by atoms with E-state index < -0.39 is 16.0 Å². The van der Waals surface area contributed by atoms with Crippen LogP contribution >= 0.6 is 0 Å². The Balaban J connectivity index is 2.32. The molecule has 1 heterocycles. The molecular weight excluding hydrogens is 284 g/mol. The average Bonchev–Trinajstić information content (AvgIpc) is 3.13. The molecule has 0 unspecified atom stereocenters. The minimum absolute atomic E-state index is 0.0143. The Morgan fingerprint density at radius 2 is 2.20 bits per heavy atom. The lowest BCUT2D eigenvalue weighted by Crippen LogP contribution is -2.29. The lowest BCUT2D eigenvalue weighted by Gasteiger charge is -2.15. The van der Waals surface area contributed by atoms with Crippen LogP contribution in [0.3, 0.4) is 0 Å². The smallest absolute Gasteiger partial charge is 0.352 e. The molecule has 0 atom stereocenters. The van der Waals surface area contributed by atoms with E-state index >= 15 is 0 Å². The second kappa shape index (κ2) is 5.55. The molecule has 1 aliphatic rings. The van der Waals surface area contributed by atoms with Crippen LogP contribution in [-0.2, 0) is 14.8 Å². The number of methoxy groups -OCH3 is 1. The summed E-state index contributed by atoms with van der Waals surface area (Å²) >= 11 is 0. The summed E-state index contributed by atoms with van der Waals surface area (Å²) in [6, 6.07) is 1.33. The van der Waals surface area contributed by atoms with Crippen molar-refractivity contribution in [2.45, 2.75) is 23.8 Å². The van der Waals surface area contributed by atoms with Crippen molar-refractivity contribution in [2.24, 2.45) is 0 Å². The van der Waals surface area contributed by atoms with Crippen LogP contribution in [0, 0.1) is 0 Å². The van der Waals surface area contributed by atoms with Gasteiger partial charge in [-0.3, -0.25) is 0 Å². The average molecular weight is 302 g/mol. The van der Waals surface area contributed by atoms with Crippen LogP contribution in [-0.4, -0.2) is 55.7 Å². The zero-order valence-corrected chi connectivity index (χ0v) is 12.3. The van der Waals surface area contributed by atoms with Gasteiger partial charge < -0.3 is 14.4 Å². The number of carboxylic acids is 1. The molecular formula is C12H18N2O5S.